The highest BCUT2D eigenvalue weighted by Gasteiger charge is 2.34. The van der Waals surface area contributed by atoms with Gasteiger partial charge in [-0.05, 0) is 61.7 Å². The zero-order valence-corrected chi connectivity index (χ0v) is 18.9. The summed E-state index contributed by atoms with van der Waals surface area (Å²) in [5, 5.41) is 2.79. The molecule has 0 saturated carbocycles. The van der Waals surface area contributed by atoms with E-state index >= 15 is 0 Å². The largest absolute Gasteiger partial charge is 0.495 e. The average Bonchev–Trinajstić information content (AvgIpc) is 2.74. The molecule has 1 amide bonds. The van der Waals surface area contributed by atoms with Crippen LogP contribution < -0.4 is 10.1 Å². The second-order valence-electron chi connectivity index (χ2n) is 7.00. The number of amides is 1. The molecule has 156 valence electrons. The lowest BCUT2D eigenvalue weighted by Crippen LogP contribution is -2.43. The van der Waals surface area contributed by atoms with Crippen molar-refractivity contribution in [3.63, 3.8) is 0 Å². The molecule has 0 spiro atoms. The Kier molecular flexibility index (Phi) is 6.97. The Bertz CT molecular complexity index is 977. The molecule has 1 N–H and O–H groups in total. The maximum Gasteiger partial charge on any atom is 0.255 e. The van der Waals surface area contributed by atoms with E-state index in [4.69, 9.17) is 4.74 Å². The van der Waals surface area contributed by atoms with Crippen molar-refractivity contribution in [3.05, 3.63) is 52.5 Å². The minimum Gasteiger partial charge on any atom is -0.495 e. The lowest BCUT2D eigenvalue weighted by molar-refractivity contribution is 0.102. The number of nitrogens with one attached hydrogen (secondary N) is 1. The Labute approximate surface area is 180 Å². The molecule has 1 atom stereocenters. The van der Waals surface area contributed by atoms with Crippen LogP contribution in [0.2, 0.25) is 0 Å². The molecule has 8 heteroatoms. The molecule has 1 heterocycles. The first kappa shape index (κ1) is 21.8. The maximum atomic E-state index is 13.4. The van der Waals surface area contributed by atoms with Crippen molar-refractivity contribution in [2.24, 2.45) is 0 Å². The normalized spacial score (nSPS) is 17.7. The van der Waals surface area contributed by atoms with Crippen LogP contribution in [0, 0.1) is 0 Å². The van der Waals surface area contributed by atoms with Crippen LogP contribution in [-0.2, 0) is 10.0 Å². The fourth-order valence-corrected chi connectivity index (χ4v) is 5.80. The Hall–Kier alpha value is -1.90. The summed E-state index contributed by atoms with van der Waals surface area (Å²) in [6, 6.07) is 11.7. The van der Waals surface area contributed by atoms with Gasteiger partial charge >= 0.3 is 0 Å². The van der Waals surface area contributed by atoms with Crippen LogP contribution in [0.1, 0.15) is 43.0 Å². The SMILES string of the molecule is CC[C@H]1CCCCN1S(=O)(=O)c1cc(C(=O)Nc2ccc(Br)cc2)ccc1OC. The molecule has 0 unspecified atom stereocenters. The van der Waals surface area contributed by atoms with Gasteiger partial charge in [0.2, 0.25) is 10.0 Å². The maximum absolute atomic E-state index is 13.4. The van der Waals surface area contributed by atoms with Gasteiger partial charge in [0.1, 0.15) is 10.6 Å². The van der Waals surface area contributed by atoms with Gasteiger partial charge in [0.05, 0.1) is 7.11 Å². The van der Waals surface area contributed by atoms with Gasteiger partial charge in [-0.1, -0.05) is 29.3 Å². The third kappa shape index (κ3) is 4.82. The summed E-state index contributed by atoms with van der Waals surface area (Å²) in [6.07, 6.45) is 3.46. The summed E-state index contributed by atoms with van der Waals surface area (Å²) in [7, 11) is -2.34. The molecule has 6 nitrogen and oxygen atoms in total. The topological polar surface area (TPSA) is 75.7 Å². The van der Waals surface area contributed by atoms with E-state index in [0.29, 0.717) is 12.2 Å². The van der Waals surface area contributed by atoms with Gasteiger partial charge in [0.15, 0.2) is 0 Å². The van der Waals surface area contributed by atoms with Crippen molar-refractivity contribution in [1.29, 1.82) is 0 Å². The van der Waals surface area contributed by atoms with Gasteiger partial charge in [0.25, 0.3) is 5.91 Å². The molecule has 0 radical (unpaired) electrons. The highest BCUT2D eigenvalue weighted by Crippen LogP contribution is 2.32. The molecular formula is C21H25BrN2O4S. The summed E-state index contributed by atoms with van der Waals surface area (Å²) < 4.78 is 34.6. The Balaban J connectivity index is 1.94. The van der Waals surface area contributed by atoms with Gasteiger partial charge in [0, 0.05) is 28.3 Å². The van der Waals surface area contributed by atoms with Crippen LogP contribution in [0.25, 0.3) is 0 Å². The number of piperidine rings is 1. The fourth-order valence-electron chi connectivity index (χ4n) is 3.58. The van der Waals surface area contributed by atoms with Crippen molar-refractivity contribution >= 4 is 37.5 Å². The van der Waals surface area contributed by atoms with Crippen LogP contribution in [0.15, 0.2) is 51.8 Å². The number of carbonyl (C=O) groups is 1. The molecule has 29 heavy (non-hydrogen) atoms. The quantitative estimate of drug-likeness (QED) is 0.651. The standard InChI is InChI=1S/C21H25BrN2O4S/c1-3-18-6-4-5-13-24(18)29(26,27)20-14-15(7-12-19(20)28-2)21(25)23-17-10-8-16(22)9-11-17/h7-12,14,18H,3-6,13H2,1-2H3,(H,23,25)/t18-/m0/s1. The first-order valence-electron chi connectivity index (χ1n) is 9.63. The van der Waals surface area contributed by atoms with Crippen molar-refractivity contribution < 1.29 is 17.9 Å². The van der Waals surface area contributed by atoms with Crippen LogP contribution in [0.4, 0.5) is 5.69 Å². The predicted octanol–water partition coefficient (Wildman–Crippen LogP) is 4.66. The molecule has 0 bridgehead atoms. The Morgan fingerprint density at radius 1 is 1.21 bits per heavy atom. The molecule has 0 aromatic heterocycles. The number of sulfonamides is 1. The monoisotopic (exact) mass is 480 g/mol. The zero-order valence-electron chi connectivity index (χ0n) is 16.5. The number of benzene rings is 2. The molecule has 2 aromatic carbocycles. The highest BCUT2D eigenvalue weighted by molar-refractivity contribution is 9.10. The van der Waals surface area contributed by atoms with E-state index in [-0.39, 0.29) is 28.2 Å². The summed E-state index contributed by atoms with van der Waals surface area (Å²) in [4.78, 5) is 12.7. The van der Waals surface area contributed by atoms with E-state index in [0.717, 1.165) is 30.2 Å². The fraction of sp³-hybridized carbons (Fsp3) is 0.381. The molecular weight excluding hydrogens is 456 g/mol. The van der Waals surface area contributed by atoms with E-state index < -0.39 is 10.0 Å². The summed E-state index contributed by atoms with van der Waals surface area (Å²) in [5.74, 6) is -0.136. The van der Waals surface area contributed by atoms with E-state index in [1.165, 1.54) is 19.2 Å². The van der Waals surface area contributed by atoms with E-state index in [1.54, 1.807) is 22.5 Å². The number of nitrogens with zero attached hydrogens (tertiary/aromatic N) is 1. The first-order valence-corrected chi connectivity index (χ1v) is 11.9. The molecule has 2 aromatic rings. The summed E-state index contributed by atoms with van der Waals surface area (Å²) >= 11 is 3.35. The molecule has 1 fully saturated rings. The van der Waals surface area contributed by atoms with Gasteiger partial charge in [-0.25, -0.2) is 8.42 Å². The number of anilines is 1. The average molecular weight is 481 g/mol. The third-order valence-electron chi connectivity index (χ3n) is 5.16. The minimum atomic E-state index is -3.78. The number of ether oxygens (including phenoxy) is 1. The molecule has 1 aliphatic heterocycles. The van der Waals surface area contributed by atoms with Crippen LogP contribution in [0.5, 0.6) is 5.75 Å². The van der Waals surface area contributed by atoms with Crippen molar-refractivity contribution in [3.8, 4) is 5.75 Å². The van der Waals surface area contributed by atoms with Crippen LogP contribution >= 0.6 is 15.9 Å². The number of halogens is 1. The Morgan fingerprint density at radius 3 is 2.59 bits per heavy atom. The van der Waals surface area contributed by atoms with Gasteiger partial charge in [-0.2, -0.15) is 4.31 Å². The second kappa shape index (κ2) is 9.28. The predicted molar refractivity (Wildman–Crippen MR) is 117 cm³/mol. The van der Waals surface area contributed by atoms with Crippen molar-refractivity contribution in [1.82, 2.24) is 4.31 Å². The molecule has 1 aliphatic rings. The molecule has 0 aliphatic carbocycles. The Morgan fingerprint density at radius 2 is 1.93 bits per heavy atom. The third-order valence-corrected chi connectivity index (χ3v) is 7.66. The smallest absolute Gasteiger partial charge is 0.255 e. The molecule has 3 rings (SSSR count). The lowest BCUT2D eigenvalue weighted by Gasteiger charge is -2.34. The molecule has 1 saturated heterocycles. The van der Waals surface area contributed by atoms with E-state index in [9.17, 15) is 13.2 Å². The number of hydrogen-bond donors (Lipinski definition) is 1. The lowest BCUT2D eigenvalue weighted by atomic mass is 10.0. The number of hydrogen-bond acceptors (Lipinski definition) is 4. The van der Waals surface area contributed by atoms with Crippen LogP contribution in [0.3, 0.4) is 0 Å². The number of rotatable bonds is 6. The zero-order chi connectivity index (χ0) is 21.0. The summed E-state index contributed by atoms with van der Waals surface area (Å²) in [5.41, 5.74) is 0.887. The minimum absolute atomic E-state index is 0.0290. The van der Waals surface area contributed by atoms with Crippen LogP contribution in [-0.4, -0.2) is 38.3 Å². The van der Waals surface area contributed by atoms with Crippen molar-refractivity contribution in [2.75, 3.05) is 19.0 Å². The number of carbonyl (C=O) groups excluding carboxylic acids is 1. The van der Waals surface area contributed by atoms with E-state index in [1.807, 2.05) is 19.1 Å². The first-order chi connectivity index (χ1) is 13.9. The van der Waals surface area contributed by atoms with Crippen molar-refractivity contribution in [2.45, 2.75) is 43.5 Å². The highest BCUT2D eigenvalue weighted by atomic mass is 79.9. The van der Waals surface area contributed by atoms with Gasteiger partial charge in [-0.15, -0.1) is 0 Å². The number of methoxy groups -OCH3 is 1. The summed E-state index contributed by atoms with van der Waals surface area (Å²) in [6.45, 7) is 2.48. The van der Waals surface area contributed by atoms with Gasteiger partial charge in [-0.3, -0.25) is 4.79 Å². The van der Waals surface area contributed by atoms with E-state index in [2.05, 4.69) is 21.2 Å². The van der Waals surface area contributed by atoms with Gasteiger partial charge < -0.3 is 10.1 Å². The second-order valence-corrected chi connectivity index (χ2v) is 9.77.